The van der Waals surface area contributed by atoms with E-state index < -0.39 is 0 Å². The van der Waals surface area contributed by atoms with Crippen molar-refractivity contribution in [3.05, 3.63) is 0 Å². The molecule has 0 aliphatic heterocycles. The quantitative estimate of drug-likeness (QED) is 0.257. The fraction of sp³-hybridized carbons (Fsp3) is 1.00. The van der Waals surface area contributed by atoms with Crippen molar-refractivity contribution in [1.82, 2.24) is 0 Å². The first-order valence-electron chi connectivity index (χ1n) is 43.2. The molecule has 0 nitrogen and oxygen atoms in total. The number of rotatable bonds is 5. The average Bonchev–Trinajstić information content (AvgIpc) is 0.855. The van der Waals surface area contributed by atoms with Gasteiger partial charge in [0.05, 0.1) is 0 Å². The molecule has 17 aliphatic carbocycles. The summed E-state index contributed by atoms with van der Waals surface area (Å²) in [7, 11) is 0. The van der Waals surface area contributed by atoms with Crippen LogP contribution in [0.25, 0.3) is 0 Å². The molecule has 94 heavy (non-hydrogen) atoms. The van der Waals surface area contributed by atoms with E-state index in [1.807, 2.05) is 0 Å². The molecule has 17 aliphatic rings. The lowest BCUT2D eigenvalue weighted by Crippen LogP contribution is -2.38. The van der Waals surface area contributed by atoms with Crippen LogP contribution in [-0.2, 0) is 0 Å². The minimum absolute atomic E-state index is 0.526. The molecular weight excluding hydrogens is 1130 g/mol. The third kappa shape index (κ3) is 20.0. The zero-order valence-electron chi connectivity index (χ0n) is 70.8. The lowest BCUT2D eigenvalue weighted by molar-refractivity contribution is 0.0209. The Balaban J connectivity index is 0.000000168. The molecular formula is C94H178. The molecule has 0 heterocycles. The Bertz CT molecular complexity index is 2120. The highest BCUT2D eigenvalue weighted by atomic mass is 14.6. The summed E-state index contributed by atoms with van der Waals surface area (Å²) in [6.07, 6.45) is 49.1. The smallest absolute Gasteiger partial charge is 0.0288 e. The van der Waals surface area contributed by atoms with Gasteiger partial charge in [-0.3, -0.25) is 0 Å². The molecule has 0 saturated heterocycles. The summed E-state index contributed by atoms with van der Waals surface area (Å²) in [6.45, 7) is 75.0. The number of fused-ring (bicyclic) bond motifs is 13. The van der Waals surface area contributed by atoms with Gasteiger partial charge in [-0.25, -0.2) is 0 Å². The van der Waals surface area contributed by atoms with Gasteiger partial charge in [-0.05, 0) is 339 Å². The van der Waals surface area contributed by atoms with Crippen LogP contribution in [0, 0.1) is 172 Å². The summed E-state index contributed by atoms with van der Waals surface area (Å²) in [4.78, 5) is 0. The molecule has 0 N–H and O–H groups in total. The molecule has 0 aromatic carbocycles. The van der Waals surface area contributed by atoms with Crippen LogP contribution in [0.3, 0.4) is 0 Å². The van der Waals surface area contributed by atoms with Crippen molar-refractivity contribution in [1.29, 1.82) is 0 Å². The van der Waals surface area contributed by atoms with Gasteiger partial charge in [0.15, 0.2) is 0 Å². The molecule has 10 bridgehead atoms. The van der Waals surface area contributed by atoms with Crippen LogP contribution in [0.4, 0.5) is 0 Å². The lowest BCUT2D eigenvalue weighted by atomic mass is 9.57. The van der Waals surface area contributed by atoms with Crippen LogP contribution in [0.2, 0.25) is 0 Å². The van der Waals surface area contributed by atoms with Gasteiger partial charge in [0.25, 0.3) is 0 Å². The first kappa shape index (κ1) is 83.0. The van der Waals surface area contributed by atoms with Crippen molar-refractivity contribution in [3.63, 3.8) is 0 Å². The predicted molar refractivity (Wildman–Crippen MR) is 421 cm³/mol. The third-order valence-corrected chi connectivity index (χ3v) is 35.4. The van der Waals surface area contributed by atoms with E-state index in [1.54, 1.807) is 57.8 Å². The topological polar surface area (TPSA) is 0 Å². The van der Waals surface area contributed by atoms with Gasteiger partial charge in [0.1, 0.15) is 0 Å². The standard InChI is InChI=1S/2C12H24.2C11H22.3C10H18.2C9H16/c1-9(2)10-11(3,4)7-8-12(10,5)6;1-7-12(6)8-10(2,3)11(4,5)9-12;1-6-9-7-10(2,3)11(4,5)8-9;1-6-9-10(2,3)7-8-11(9,4)5;1-7-8-4-5-9(6-8)10(7,2)3;1-8-7-9-3-5-10(8,2)6-4-9;1-7-8(2)10-5-3-9(7)4-6-10;1-7-6-8-2-4-9(7)5-3-8;1-2-8-5-7-3-4-9(8)6-7/h9-10H,7-8H2,1-6H3;7-9H2,1-6H3;2*9H,6-8H2,1-5H3;7-9H,4-6H2,1-3H3;8-9H,3-7H2,1-2H3;7-10H,3-6H2,1-2H3;2*7-9H,2-6H2,1H3/t;;;;;8-,9?,10?;7-,8?,9?,10?;7-,8?,9?;/m.....000./s1. The maximum absolute atomic E-state index is 2.49. The highest BCUT2D eigenvalue weighted by Gasteiger charge is 2.53. The summed E-state index contributed by atoms with van der Waals surface area (Å²) >= 11 is 0. The summed E-state index contributed by atoms with van der Waals surface area (Å²) in [5.41, 5.74) is 6.52. The molecule has 0 aromatic heterocycles. The van der Waals surface area contributed by atoms with E-state index in [9.17, 15) is 0 Å². The van der Waals surface area contributed by atoms with Gasteiger partial charge in [-0.15, -0.1) is 0 Å². The van der Waals surface area contributed by atoms with Crippen molar-refractivity contribution in [2.75, 3.05) is 0 Å². The third-order valence-electron chi connectivity index (χ3n) is 35.4. The fourth-order valence-electron chi connectivity index (χ4n) is 26.9. The molecule has 7 unspecified atom stereocenters. The highest BCUT2D eigenvalue weighted by Crippen LogP contribution is 2.63. The zero-order valence-corrected chi connectivity index (χ0v) is 70.8. The minimum atomic E-state index is 0.526. The SMILES string of the molecule is CC(C)C1C(C)(C)CCC1(C)C.CC1C2CCC(C2)C1(C)C.CC1C2CCC(CC2)[C@H]1C.CCC1(C)CC(C)(C)C(C)(C)C1.CCC1C(C)(C)CCC1(C)C.CCC1CC(C)(C)C(C)(C)C1.CCC1CC2CCC1C2.C[C@H]1CC2CCC1(C)CC2.C[C@H]1CC2CCC1CC2. The van der Waals surface area contributed by atoms with E-state index in [0.29, 0.717) is 54.1 Å². The fourth-order valence-corrected chi connectivity index (χ4v) is 26.9. The van der Waals surface area contributed by atoms with Crippen molar-refractivity contribution in [3.8, 4) is 0 Å². The second-order valence-corrected chi connectivity index (χ2v) is 45.2. The molecule has 0 heteroatoms. The molecule has 17 fully saturated rings. The normalized spacial score (nSPS) is 40.4. The van der Waals surface area contributed by atoms with E-state index in [2.05, 4.69) is 215 Å². The van der Waals surface area contributed by atoms with Crippen LogP contribution in [-0.4, -0.2) is 0 Å². The molecule has 0 radical (unpaired) electrons. The second kappa shape index (κ2) is 32.3. The highest BCUT2D eigenvalue weighted by molar-refractivity contribution is 5.03. The Morgan fingerprint density at radius 2 is 0.787 bits per heavy atom. The van der Waals surface area contributed by atoms with E-state index >= 15 is 0 Å². The summed E-state index contributed by atoms with van der Waals surface area (Å²) in [6, 6.07) is 0. The molecule has 0 amide bonds. The van der Waals surface area contributed by atoms with Gasteiger partial charge >= 0.3 is 0 Å². The average molecular weight is 1310 g/mol. The predicted octanol–water partition coefficient (Wildman–Crippen LogP) is 31.1. The minimum Gasteiger partial charge on any atom is -0.0651 e. The number of hydrogen-bond acceptors (Lipinski definition) is 0. The van der Waals surface area contributed by atoms with Crippen molar-refractivity contribution >= 4 is 0 Å². The van der Waals surface area contributed by atoms with Crippen LogP contribution in [0.1, 0.15) is 427 Å². The van der Waals surface area contributed by atoms with E-state index in [1.165, 1.54) is 154 Å². The molecule has 0 aromatic rings. The summed E-state index contributed by atoms with van der Waals surface area (Å²) in [5.74, 6) is 19.9. The van der Waals surface area contributed by atoms with E-state index in [4.69, 9.17) is 0 Å². The first-order valence-corrected chi connectivity index (χ1v) is 43.2. The van der Waals surface area contributed by atoms with Crippen LogP contribution < -0.4 is 0 Å². The molecule has 0 spiro atoms. The van der Waals surface area contributed by atoms with Crippen molar-refractivity contribution < 1.29 is 0 Å². The maximum atomic E-state index is 2.49. The Hall–Kier alpha value is 0. The van der Waals surface area contributed by atoms with Gasteiger partial charge in [0, 0.05) is 0 Å². The van der Waals surface area contributed by atoms with Gasteiger partial charge in [-0.1, -0.05) is 260 Å². The molecule has 17 rings (SSSR count). The van der Waals surface area contributed by atoms with Gasteiger partial charge in [0.2, 0.25) is 0 Å². The molecule has 554 valence electrons. The van der Waals surface area contributed by atoms with Crippen molar-refractivity contribution in [2.45, 2.75) is 427 Å². The summed E-state index contributed by atoms with van der Waals surface area (Å²) in [5, 5.41) is 0. The van der Waals surface area contributed by atoms with Crippen LogP contribution in [0.15, 0.2) is 0 Å². The van der Waals surface area contributed by atoms with Crippen molar-refractivity contribution in [2.24, 2.45) is 172 Å². The van der Waals surface area contributed by atoms with E-state index in [0.717, 1.165) is 118 Å². The largest absolute Gasteiger partial charge is 0.0651 e. The monoisotopic (exact) mass is 1310 g/mol. The first-order chi connectivity index (χ1) is 43.2. The van der Waals surface area contributed by atoms with Crippen LogP contribution in [0.5, 0.6) is 0 Å². The van der Waals surface area contributed by atoms with Crippen LogP contribution >= 0.6 is 0 Å². The second-order valence-electron chi connectivity index (χ2n) is 45.2. The Morgan fingerprint density at radius 3 is 1.01 bits per heavy atom. The van der Waals surface area contributed by atoms with Gasteiger partial charge < -0.3 is 0 Å². The number of hydrogen-bond donors (Lipinski definition) is 0. The molecule has 17 saturated carbocycles. The Labute approximate surface area is 595 Å². The Kier molecular flexibility index (Phi) is 28.5. The lowest BCUT2D eigenvalue weighted by Gasteiger charge is -2.49. The van der Waals surface area contributed by atoms with E-state index in [-0.39, 0.29) is 0 Å². The molecule has 10 atom stereocenters. The maximum Gasteiger partial charge on any atom is -0.0288 e. The Morgan fingerprint density at radius 1 is 0.362 bits per heavy atom. The van der Waals surface area contributed by atoms with Gasteiger partial charge in [-0.2, -0.15) is 0 Å². The zero-order chi connectivity index (χ0) is 70.8. The summed E-state index contributed by atoms with van der Waals surface area (Å²) < 4.78 is 0.